The van der Waals surface area contributed by atoms with Crippen LogP contribution in [0.5, 0.6) is 0 Å². The van der Waals surface area contributed by atoms with Crippen LogP contribution in [0.15, 0.2) is 12.5 Å². The molecule has 6 rings (SSSR count). The molecule has 4 saturated carbocycles. The van der Waals surface area contributed by atoms with Crippen molar-refractivity contribution in [2.75, 3.05) is 5.32 Å². The maximum Gasteiger partial charge on any atom is 0.342 e. The topological polar surface area (TPSA) is 100 Å². The van der Waals surface area contributed by atoms with E-state index in [2.05, 4.69) is 20.3 Å². The molecule has 3 unspecified atom stereocenters. The van der Waals surface area contributed by atoms with Crippen molar-refractivity contribution < 1.29 is 14.6 Å². The van der Waals surface area contributed by atoms with Gasteiger partial charge in [0.05, 0.1) is 23.7 Å². The summed E-state index contributed by atoms with van der Waals surface area (Å²) in [6.07, 6.45) is 7.91. The Kier molecular flexibility index (Phi) is 3.73. The zero-order valence-corrected chi connectivity index (χ0v) is 15.7. The molecule has 0 saturated heterocycles. The van der Waals surface area contributed by atoms with E-state index in [1.807, 2.05) is 13.8 Å². The molecule has 27 heavy (non-hydrogen) atoms. The molecule has 4 aliphatic rings. The largest absolute Gasteiger partial charge is 0.459 e. The van der Waals surface area contributed by atoms with Crippen LogP contribution in [-0.4, -0.2) is 43.8 Å². The first-order chi connectivity index (χ1) is 12.9. The van der Waals surface area contributed by atoms with E-state index in [9.17, 15) is 9.90 Å². The number of aliphatic hydroxyl groups is 1. The molecule has 0 amide bonds. The quantitative estimate of drug-likeness (QED) is 0.716. The number of H-pyrrole nitrogens is 1. The van der Waals surface area contributed by atoms with Crippen LogP contribution in [0, 0.1) is 17.8 Å². The number of carbonyl (C=O) groups is 1. The smallest absolute Gasteiger partial charge is 0.342 e. The van der Waals surface area contributed by atoms with Gasteiger partial charge in [0, 0.05) is 12.2 Å². The third-order valence-electron chi connectivity index (χ3n) is 6.57. The van der Waals surface area contributed by atoms with Crippen molar-refractivity contribution in [2.45, 2.75) is 63.7 Å². The molecule has 7 heteroatoms. The number of carbonyl (C=O) groups excluding carboxylic acids is 1. The lowest BCUT2D eigenvalue weighted by Crippen LogP contribution is -2.59. The number of aromatic nitrogens is 3. The van der Waals surface area contributed by atoms with Gasteiger partial charge in [-0.1, -0.05) is 0 Å². The lowest BCUT2D eigenvalue weighted by molar-refractivity contribution is -0.129. The van der Waals surface area contributed by atoms with E-state index in [1.54, 1.807) is 12.5 Å². The first kappa shape index (κ1) is 17.0. The van der Waals surface area contributed by atoms with E-state index < -0.39 is 5.60 Å². The summed E-state index contributed by atoms with van der Waals surface area (Å²) in [4.78, 5) is 24.3. The molecule has 2 aromatic rings. The molecule has 0 radical (unpaired) electrons. The number of imidazole rings is 1. The number of rotatable bonds is 4. The van der Waals surface area contributed by atoms with Gasteiger partial charge in [-0.05, 0) is 63.7 Å². The summed E-state index contributed by atoms with van der Waals surface area (Å²) < 4.78 is 5.43. The van der Waals surface area contributed by atoms with Crippen LogP contribution in [-0.2, 0) is 4.74 Å². The van der Waals surface area contributed by atoms with Gasteiger partial charge in [0.2, 0.25) is 0 Å². The van der Waals surface area contributed by atoms with Crippen molar-refractivity contribution >= 4 is 22.8 Å². The van der Waals surface area contributed by atoms with Crippen LogP contribution in [0.1, 0.15) is 56.3 Å². The highest BCUT2D eigenvalue weighted by Crippen LogP contribution is 2.56. The van der Waals surface area contributed by atoms with E-state index in [4.69, 9.17) is 4.74 Å². The molecule has 4 bridgehead atoms. The third kappa shape index (κ3) is 2.79. The van der Waals surface area contributed by atoms with E-state index >= 15 is 0 Å². The summed E-state index contributed by atoms with van der Waals surface area (Å²) in [5, 5.41) is 14.5. The zero-order valence-electron chi connectivity index (χ0n) is 15.7. The van der Waals surface area contributed by atoms with Crippen molar-refractivity contribution in [2.24, 2.45) is 17.8 Å². The van der Waals surface area contributed by atoms with Gasteiger partial charge in [-0.15, -0.1) is 0 Å². The Hall–Kier alpha value is -2.15. The lowest BCUT2D eigenvalue weighted by Gasteiger charge is -2.58. The minimum Gasteiger partial charge on any atom is -0.459 e. The highest BCUT2D eigenvalue weighted by molar-refractivity contribution is 6.03. The first-order valence-electron chi connectivity index (χ1n) is 9.94. The van der Waals surface area contributed by atoms with Crippen molar-refractivity contribution in [1.29, 1.82) is 0 Å². The number of esters is 1. The van der Waals surface area contributed by atoms with Gasteiger partial charge in [-0.2, -0.15) is 0 Å². The van der Waals surface area contributed by atoms with Crippen molar-refractivity contribution in [3.8, 4) is 0 Å². The van der Waals surface area contributed by atoms with E-state index in [1.165, 1.54) is 0 Å². The molecule has 0 spiro atoms. The third-order valence-corrected chi connectivity index (χ3v) is 6.57. The Morgan fingerprint density at radius 2 is 2.04 bits per heavy atom. The summed E-state index contributed by atoms with van der Waals surface area (Å²) in [6.45, 7) is 3.68. The van der Waals surface area contributed by atoms with Crippen molar-refractivity contribution in [3.05, 3.63) is 18.1 Å². The second-order valence-corrected chi connectivity index (χ2v) is 8.97. The highest BCUT2D eigenvalue weighted by atomic mass is 16.5. The van der Waals surface area contributed by atoms with Gasteiger partial charge in [0.15, 0.2) is 5.65 Å². The summed E-state index contributed by atoms with van der Waals surface area (Å²) in [5.41, 5.74) is 2.01. The fourth-order valence-corrected chi connectivity index (χ4v) is 5.86. The molecule has 0 aliphatic heterocycles. The van der Waals surface area contributed by atoms with Crippen molar-refractivity contribution in [3.63, 3.8) is 0 Å². The monoisotopic (exact) mass is 370 g/mol. The van der Waals surface area contributed by atoms with Crippen LogP contribution < -0.4 is 5.32 Å². The molecule has 0 aromatic carbocycles. The van der Waals surface area contributed by atoms with E-state index in [0.29, 0.717) is 29.0 Å². The molecule has 3 N–H and O–H groups in total. The molecule has 5 atom stereocenters. The Morgan fingerprint density at radius 3 is 2.70 bits per heavy atom. The minimum absolute atomic E-state index is 0.196. The molecule has 7 nitrogen and oxygen atoms in total. The molecule has 2 heterocycles. The van der Waals surface area contributed by atoms with Gasteiger partial charge in [0.1, 0.15) is 11.1 Å². The number of aromatic amines is 1. The minimum atomic E-state index is -0.477. The van der Waals surface area contributed by atoms with Crippen LogP contribution in [0.4, 0.5) is 5.69 Å². The molecule has 4 aliphatic carbocycles. The van der Waals surface area contributed by atoms with Gasteiger partial charge in [0.25, 0.3) is 0 Å². The predicted octanol–water partition coefficient (Wildman–Crippen LogP) is 2.87. The summed E-state index contributed by atoms with van der Waals surface area (Å²) in [7, 11) is 0. The number of ether oxygens (including phenoxy) is 1. The maximum absolute atomic E-state index is 12.7. The Balaban J connectivity index is 1.51. The van der Waals surface area contributed by atoms with Gasteiger partial charge >= 0.3 is 5.97 Å². The molecule has 4 fully saturated rings. The summed E-state index contributed by atoms with van der Waals surface area (Å²) >= 11 is 0. The van der Waals surface area contributed by atoms with Crippen LogP contribution in [0.25, 0.3) is 11.2 Å². The number of hydrogen-bond acceptors (Lipinski definition) is 6. The number of anilines is 1. The molecule has 2 aromatic heterocycles. The predicted molar refractivity (Wildman–Crippen MR) is 100 cm³/mol. The van der Waals surface area contributed by atoms with E-state index in [0.717, 1.165) is 43.3 Å². The second kappa shape index (κ2) is 5.92. The van der Waals surface area contributed by atoms with E-state index in [-0.39, 0.29) is 18.1 Å². The van der Waals surface area contributed by atoms with Crippen LogP contribution in [0.3, 0.4) is 0 Å². The number of hydrogen-bond donors (Lipinski definition) is 3. The standard InChI is InChI=1S/C20H26N4O3/c1-10(2)27-19(25)14-8-21-18-17(22-9-23-18)16(14)24-15-12-3-11-4-13(15)7-20(26,5-11)6-12/h8-13,15,26H,3-7H2,1-2H3,(H2,21,22,23,24)/t11?,12-,13+,15?,20?. The molecular weight excluding hydrogens is 344 g/mol. The molecular formula is C20H26N4O3. The highest BCUT2D eigenvalue weighted by Gasteiger charge is 2.54. The van der Waals surface area contributed by atoms with Gasteiger partial charge in [-0.25, -0.2) is 14.8 Å². The Bertz CT molecular complexity index is 876. The first-order valence-corrected chi connectivity index (χ1v) is 9.94. The zero-order chi connectivity index (χ0) is 18.8. The fraction of sp³-hybridized carbons (Fsp3) is 0.650. The molecule has 144 valence electrons. The fourth-order valence-electron chi connectivity index (χ4n) is 5.86. The average Bonchev–Trinajstić information content (AvgIpc) is 3.04. The normalized spacial score (nSPS) is 34.4. The second-order valence-electron chi connectivity index (χ2n) is 8.97. The number of pyridine rings is 1. The number of nitrogens with one attached hydrogen (secondary N) is 2. The summed E-state index contributed by atoms with van der Waals surface area (Å²) in [5.74, 6) is 1.13. The van der Waals surface area contributed by atoms with Crippen LogP contribution >= 0.6 is 0 Å². The van der Waals surface area contributed by atoms with Gasteiger partial charge < -0.3 is 20.1 Å². The Morgan fingerprint density at radius 1 is 1.30 bits per heavy atom. The van der Waals surface area contributed by atoms with Crippen molar-refractivity contribution in [1.82, 2.24) is 15.0 Å². The lowest BCUT2D eigenvalue weighted by atomic mass is 9.52. The maximum atomic E-state index is 12.7. The SMILES string of the molecule is CC(C)OC(=O)c1cnc2nc[nH]c2c1NC1[C@@H]2CC3C[C@H]1CC(O)(C3)C2. The van der Waals surface area contributed by atoms with Gasteiger partial charge in [-0.3, -0.25) is 0 Å². The number of fused-ring (bicyclic) bond motifs is 1. The average molecular weight is 370 g/mol. The number of nitrogens with zero attached hydrogens (tertiary/aromatic N) is 2. The summed E-state index contributed by atoms with van der Waals surface area (Å²) in [6, 6.07) is 0.251. The van der Waals surface area contributed by atoms with Crippen LogP contribution in [0.2, 0.25) is 0 Å². The Labute approximate surface area is 157 Å².